The van der Waals surface area contributed by atoms with Crippen molar-refractivity contribution in [1.29, 1.82) is 0 Å². The molecule has 1 aliphatic carbocycles. The summed E-state index contributed by atoms with van der Waals surface area (Å²) in [4.78, 5) is 2.30. The van der Waals surface area contributed by atoms with Crippen LogP contribution in [0.1, 0.15) is 33.6 Å². The lowest BCUT2D eigenvalue weighted by Crippen LogP contribution is -2.65. The highest BCUT2D eigenvalue weighted by Gasteiger charge is 2.46. The fourth-order valence-corrected chi connectivity index (χ4v) is 3.51. The van der Waals surface area contributed by atoms with Crippen LogP contribution in [0.5, 0.6) is 0 Å². The Morgan fingerprint density at radius 3 is 2.60 bits per heavy atom. The second-order valence-corrected chi connectivity index (χ2v) is 6.96. The van der Waals surface area contributed by atoms with E-state index in [0.29, 0.717) is 12.0 Å². The Balaban J connectivity index is 1.91. The second kappa shape index (κ2) is 5.03. The summed E-state index contributed by atoms with van der Waals surface area (Å²) >= 11 is 0. The van der Waals surface area contributed by atoms with E-state index in [-0.39, 0.29) is 11.4 Å². The van der Waals surface area contributed by atoms with Crippen molar-refractivity contribution in [2.45, 2.75) is 45.2 Å². The van der Waals surface area contributed by atoms with Gasteiger partial charge in [-0.15, -0.1) is 0 Å². The molecule has 0 amide bonds. The molecule has 0 aromatic heterocycles. The highest BCUT2D eigenvalue weighted by atomic mass is 19.1. The van der Waals surface area contributed by atoms with Crippen molar-refractivity contribution >= 4 is 5.69 Å². The number of hydrogen-bond donors (Lipinski definition) is 1. The molecular formula is C17H25FN2. The molecule has 1 saturated heterocycles. The van der Waals surface area contributed by atoms with Crippen molar-refractivity contribution in [3.05, 3.63) is 30.1 Å². The molecule has 1 aliphatic heterocycles. The summed E-state index contributed by atoms with van der Waals surface area (Å²) in [5, 5.41) is 3.74. The lowest BCUT2D eigenvalue weighted by Gasteiger charge is -2.49. The highest BCUT2D eigenvalue weighted by molar-refractivity contribution is 5.50. The minimum Gasteiger partial charge on any atom is -0.363 e. The first-order valence-corrected chi connectivity index (χ1v) is 7.77. The molecule has 3 heteroatoms. The standard InChI is InChI=1S/C17H25FN2/c1-12(2)16-10-19-17(3,13-8-9-13)11-20(16)15-7-5-4-6-14(15)18/h4-7,12-13,16,19H,8-11H2,1-3H3. The van der Waals surface area contributed by atoms with Crippen molar-refractivity contribution in [2.75, 3.05) is 18.0 Å². The van der Waals surface area contributed by atoms with Crippen molar-refractivity contribution in [3.63, 3.8) is 0 Å². The number of benzene rings is 1. The number of nitrogens with zero attached hydrogens (tertiary/aromatic N) is 1. The molecule has 2 fully saturated rings. The number of anilines is 1. The monoisotopic (exact) mass is 276 g/mol. The summed E-state index contributed by atoms with van der Waals surface area (Å²) in [7, 11) is 0. The van der Waals surface area contributed by atoms with Crippen LogP contribution in [-0.2, 0) is 0 Å². The van der Waals surface area contributed by atoms with Gasteiger partial charge in [-0.05, 0) is 43.7 Å². The van der Waals surface area contributed by atoms with Gasteiger partial charge >= 0.3 is 0 Å². The smallest absolute Gasteiger partial charge is 0.146 e. The van der Waals surface area contributed by atoms with Gasteiger partial charge in [-0.3, -0.25) is 0 Å². The molecule has 1 aromatic rings. The van der Waals surface area contributed by atoms with Crippen molar-refractivity contribution in [3.8, 4) is 0 Å². The Morgan fingerprint density at radius 2 is 2.00 bits per heavy atom. The average Bonchev–Trinajstić information content (AvgIpc) is 3.23. The second-order valence-electron chi connectivity index (χ2n) is 6.96. The number of hydrogen-bond acceptors (Lipinski definition) is 2. The van der Waals surface area contributed by atoms with E-state index in [4.69, 9.17) is 0 Å². The Kier molecular flexibility index (Phi) is 3.49. The molecule has 2 atom stereocenters. The molecule has 3 rings (SSSR count). The Labute approximate surface area is 121 Å². The van der Waals surface area contributed by atoms with Gasteiger partial charge in [0.05, 0.1) is 5.69 Å². The van der Waals surface area contributed by atoms with Crippen LogP contribution in [0, 0.1) is 17.7 Å². The van der Waals surface area contributed by atoms with Crippen LogP contribution < -0.4 is 10.2 Å². The molecule has 1 saturated carbocycles. The molecule has 2 unspecified atom stereocenters. The fraction of sp³-hybridized carbons (Fsp3) is 0.647. The van der Waals surface area contributed by atoms with E-state index in [0.717, 1.165) is 24.7 Å². The molecule has 2 nitrogen and oxygen atoms in total. The predicted molar refractivity (Wildman–Crippen MR) is 81.5 cm³/mol. The third-order valence-electron chi connectivity index (χ3n) is 5.02. The fourth-order valence-electron chi connectivity index (χ4n) is 3.51. The Bertz CT molecular complexity index is 484. The molecule has 2 aliphatic rings. The maximum atomic E-state index is 14.2. The van der Waals surface area contributed by atoms with Gasteiger partial charge in [0, 0.05) is 24.7 Å². The minimum absolute atomic E-state index is 0.0989. The van der Waals surface area contributed by atoms with E-state index >= 15 is 0 Å². The quantitative estimate of drug-likeness (QED) is 0.910. The lowest BCUT2D eigenvalue weighted by atomic mass is 9.87. The van der Waals surface area contributed by atoms with E-state index in [1.165, 1.54) is 12.8 Å². The van der Waals surface area contributed by atoms with Crippen LogP contribution in [0.2, 0.25) is 0 Å². The van der Waals surface area contributed by atoms with Gasteiger partial charge in [0.1, 0.15) is 5.82 Å². The summed E-state index contributed by atoms with van der Waals surface area (Å²) in [6.45, 7) is 8.59. The van der Waals surface area contributed by atoms with Crippen LogP contribution in [0.25, 0.3) is 0 Å². The van der Waals surface area contributed by atoms with Crippen molar-refractivity contribution in [1.82, 2.24) is 5.32 Å². The zero-order chi connectivity index (χ0) is 14.3. The minimum atomic E-state index is -0.0989. The lowest BCUT2D eigenvalue weighted by molar-refractivity contribution is 0.232. The normalized spacial score (nSPS) is 30.9. The van der Waals surface area contributed by atoms with E-state index in [9.17, 15) is 4.39 Å². The molecule has 20 heavy (non-hydrogen) atoms. The molecule has 0 bridgehead atoms. The first-order valence-electron chi connectivity index (χ1n) is 7.77. The van der Waals surface area contributed by atoms with Gasteiger partial charge in [0.15, 0.2) is 0 Å². The summed E-state index contributed by atoms with van der Waals surface area (Å²) in [6.07, 6.45) is 2.61. The molecule has 1 aromatic carbocycles. The number of rotatable bonds is 3. The van der Waals surface area contributed by atoms with Crippen LogP contribution >= 0.6 is 0 Å². The summed E-state index contributed by atoms with van der Waals surface area (Å²) in [5.74, 6) is 1.16. The van der Waals surface area contributed by atoms with Gasteiger partial charge in [-0.1, -0.05) is 26.0 Å². The maximum absolute atomic E-state index is 14.2. The molecule has 0 spiro atoms. The van der Waals surface area contributed by atoms with Crippen LogP contribution in [0.4, 0.5) is 10.1 Å². The zero-order valence-electron chi connectivity index (χ0n) is 12.7. The first kappa shape index (κ1) is 13.9. The van der Waals surface area contributed by atoms with Gasteiger partial charge < -0.3 is 10.2 Å². The summed E-state index contributed by atoms with van der Waals surface area (Å²) < 4.78 is 14.2. The molecule has 110 valence electrons. The predicted octanol–water partition coefficient (Wildman–Crippen LogP) is 3.43. The van der Waals surface area contributed by atoms with E-state index in [2.05, 4.69) is 31.0 Å². The zero-order valence-corrected chi connectivity index (χ0v) is 12.7. The average molecular weight is 276 g/mol. The van der Waals surface area contributed by atoms with Gasteiger partial charge in [0.2, 0.25) is 0 Å². The van der Waals surface area contributed by atoms with Crippen LogP contribution in [0.3, 0.4) is 0 Å². The summed E-state index contributed by atoms with van der Waals surface area (Å²) in [6, 6.07) is 7.56. The first-order chi connectivity index (χ1) is 9.51. The topological polar surface area (TPSA) is 15.3 Å². The van der Waals surface area contributed by atoms with Crippen molar-refractivity contribution < 1.29 is 4.39 Å². The van der Waals surface area contributed by atoms with E-state index in [1.807, 2.05) is 12.1 Å². The van der Waals surface area contributed by atoms with E-state index in [1.54, 1.807) is 12.1 Å². The number of halogens is 1. The van der Waals surface area contributed by atoms with Gasteiger partial charge in [-0.2, -0.15) is 0 Å². The number of piperazine rings is 1. The van der Waals surface area contributed by atoms with Crippen molar-refractivity contribution in [2.24, 2.45) is 11.8 Å². The summed E-state index contributed by atoms with van der Waals surface area (Å²) in [5.41, 5.74) is 0.896. The molecular weight excluding hydrogens is 251 g/mol. The largest absolute Gasteiger partial charge is 0.363 e. The third kappa shape index (κ3) is 2.44. The number of nitrogens with one attached hydrogen (secondary N) is 1. The third-order valence-corrected chi connectivity index (χ3v) is 5.02. The Morgan fingerprint density at radius 1 is 1.30 bits per heavy atom. The molecule has 1 N–H and O–H groups in total. The van der Waals surface area contributed by atoms with Crippen LogP contribution in [0.15, 0.2) is 24.3 Å². The number of para-hydroxylation sites is 1. The molecule has 0 radical (unpaired) electrons. The molecule has 1 heterocycles. The van der Waals surface area contributed by atoms with Gasteiger partial charge in [0.25, 0.3) is 0 Å². The highest BCUT2D eigenvalue weighted by Crippen LogP contribution is 2.42. The van der Waals surface area contributed by atoms with Crippen LogP contribution in [-0.4, -0.2) is 24.7 Å². The van der Waals surface area contributed by atoms with E-state index < -0.39 is 0 Å². The van der Waals surface area contributed by atoms with Gasteiger partial charge in [-0.25, -0.2) is 4.39 Å². The maximum Gasteiger partial charge on any atom is 0.146 e. The Hall–Kier alpha value is -1.09. The SMILES string of the molecule is CC(C)C1CNC(C)(C2CC2)CN1c1ccccc1F.